The first-order chi connectivity index (χ1) is 19.7. The van der Waals surface area contributed by atoms with Gasteiger partial charge < -0.3 is 19.6 Å². The number of aliphatic hydroxyl groups is 1. The summed E-state index contributed by atoms with van der Waals surface area (Å²) in [4.78, 5) is 46.0. The zero-order valence-corrected chi connectivity index (χ0v) is 25.9. The number of hydrogen-bond acceptors (Lipinski definition) is 6. The first kappa shape index (κ1) is 29.9. The van der Waals surface area contributed by atoms with Crippen molar-refractivity contribution >= 4 is 61.9 Å². The minimum atomic E-state index is -0.871. The Labute approximate surface area is 254 Å². The number of halogens is 1. The summed E-state index contributed by atoms with van der Waals surface area (Å²) >= 11 is 5.35. The molecule has 7 nitrogen and oxygen atoms in total. The highest BCUT2D eigenvalue weighted by molar-refractivity contribution is 9.09. The molecule has 0 aromatic heterocycles. The third-order valence-electron chi connectivity index (χ3n) is 9.04. The van der Waals surface area contributed by atoms with E-state index in [0.717, 1.165) is 17.2 Å². The highest BCUT2D eigenvalue weighted by Gasteiger charge is 2.76. The maximum Gasteiger partial charge on any atom is 0.311 e. The maximum absolute atomic E-state index is 14.9. The SMILES string of the molecule is C=CCOC(=O)[C@H]1[C@H]2C(=O)N([C@@H](CO)[C@@H](C)CC)C(C(=O)N(CC=C)c3ccc4ccccc4c3)C23CC(Br)[C@@H]1S3. The largest absolute Gasteiger partial charge is 0.461 e. The second-order valence-corrected chi connectivity index (χ2v) is 13.9. The lowest BCUT2D eigenvalue weighted by Crippen LogP contribution is -2.59. The van der Waals surface area contributed by atoms with Crippen LogP contribution in [-0.4, -0.2) is 74.5 Å². The number of aliphatic hydroxyl groups excluding tert-OH is 1. The Hall–Kier alpha value is -2.62. The van der Waals surface area contributed by atoms with Crippen LogP contribution in [0.3, 0.4) is 0 Å². The molecule has 0 radical (unpaired) electrons. The van der Waals surface area contributed by atoms with Crippen LogP contribution in [-0.2, 0) is 19.1 Å². The van der Waals surface area contributed by atoms with Crippen LogP contribution in [0.5, 0.6) is 0 Å². The van der Waals surface area contributed by atoms with E-state index >= 15 is 0 Å². The minimum absolute atomic E-state index is 0.0564. The van der Waals surface area contributed by atoms with Gasteiger partial charge in [-0.1, -0.05) is 85.3 Å². The number of hydrogen-bond donors (Lipinski definition) is 1. The second-order valence-electron chi connectivity index (χ2n) is 11.2. The van der Waals surface area contributed by atoms with Gasteiger partial charge in [0, 0.05) is 22.3 Å². The second kappa shape index (κ2) is 11.9. The molecule has 3 aliphatic heterocycles. The average Bonchev–Trinajstić information content (AvgIpc) is 3.57. The number of likely N-dealkylation sites (tertiary alicyclic amines) is 1. The van der Waals surface area contributed by atoms with Gasteiger partial charge in [-0.15, -0.1) is 18.3 Å². The maximum atomic E-state index is 14.9. The van der Waals surface area contributed by atoms with Crippen molar-refractivity contribution in [3.05, 3.63) is 67.8 Å². The van der Waals surface area contributed by atoms with Crippen molar-refractivity contribution in [2.75, 3.05) is 24.7 Å². The number of thioether (sulfide) groups is 1. The topological polar surface area (TPSA) is 87.1 Å². The van der Waals surface area contributed by atoms with Crippen LogP contribution in [0.4, 0.5) is 5.69 Å². The van der Waals surface area contributed by atoms with Crippen LogP contribution in [0, 0.1) is 17.8 Å². The summed E-state index contributed by atoms with van der Waals surface area (Å²) in [5.41, 5.74) is 0.708. The first-order valence-corrected chi connectivity index (χ1v) is 16.0. The van der Waals surface area contributed by atoms with E-state index in [1.165, 1.54) is 6.08 Å². The molecule has 5 rings (SSSR count). The Bertz CT molecular complexity index is 1370. The average molecular weight is 642 g/mol. The number of ether oxygens (including phenoxy) is 1. The van der Waals surface area contributed by atoms with Crippen LogP contribution in [0.25, 0.3) is 10.8 Å². The van der Waals surface area contributed by atoms with E-state index in [9.17, 15) is 19.5 Å². The molecule has 3 aliphatic rings. The number of carbonyl (C=O) groups excluding carboxylic acids is 3. The fraction of sp³-hybridized carbons (Fsp3) is 0.469. The Morgan fingerprint density at radius 1 is 1.24 bits per heavy atom. The van der Waals surface area contributed by atoms with E-state index in [0.29, 0.717) is 12.1 Å². The fourth-order valence-corrected chi connectivity index (χ4v) is 10.6. The standard InChI is InChI=1S/C32H37BrN2O5S/c1-5-14-34(22-13-12-20-10-8-9-11-21(20)16-22)30(38)28-32-17-23(33)27(41-32)25(31(39)40-15-6-2)26(32)29(37)35(28)24(18-36)19(4)7-3/h5-6,8-13,16,19,23-28,36H,1-2,7,14-15,17-18H2,3-4H3/t19-,23?,24-,25-,26-,27-,28?,32?/m0/s1. The predicted molar refractivity (Wildman–Crippen MR) is 167 cm³/mol. The smallest absolute Gasteiger partial charge is 0.311 e. The van der Waals surface area contributed by atoms with Gasteiger partial charge in [0.2, 0.25) is 5.91 Å². The molecule has 3 saturated heterocycles. The number of amides is 2. The fourth-order valence-electron chi connectivity index (χ4n) is 6.97. The van der Waals surface area contributed by atoms with Gasteiger partial charge in [-0.25, -0.2) is 0 Å². The van der Waals surface area contributed by atoms with Gasteiger partial charge in [0.25, 0.3) is 5.91 Å². The number of carbonyl (C=O) groups is 3. The van der Waals surface area contributed by atoms with Crippen molar-refractivity contribution in [2.45, 2.75) is 53.6 Å². The van der Waals surface area contributed by atoms with Crippen LogP contribution in [0.1, 0.15) is 26.7 Å². The molecule has 1 spiro atoms. The van der Waals surface area contributed by atoms with E-state index < -0.39 is 34.6 Å². The van der Waals surface area contributed by atoms with Gasteiger partial charge in [-0.3, -0.25) is 14.4 Å². The number of rotatable bonds is 11. The normalized spacial score (nSPS) is 29.7. The number of benzene rings is 2. The van der Waals surface area contributed by atoms with E-state index in [4.69, 9.17) is 4.74 Å². The number of nitrogens with zero attached hydrogens (tertiary/aromatic N) is 2. The zero-order chi connectivity index (χ0) is 29.5. The lowest BCUT2D eigenvalue weighted by Gasteiger charge is -2.41. The molecule has 1 N–H and O–H groups in total. The van der Waals surface area contributed by atoms with Gasteiger partial charge in [0.15, 0.2) is 0 Å². The zero-order valence-electron chi connectivity index (χ0n) is 23.4. The number of alkyl halides is 1. The molecule has 2 aromatic carbocycles. The molecule has 9 heteroatoms. The van der Waals surface area contributed by atoms with Crippen molar-refractivity contribution in [3.63, 3.8) is 0 Å². The van der Waals surface area contributed by atoms with Gasteiger partial charge >= 0.3 is 5.97 Å². The van der Waals surface area contributed by atoms with Crippen LogP contribution >= 0.6 is 27.7 Å². The summed E-state index contributed by atoms with van der Waals surface area (Å²) in [6.07, 6.45) is 4.46. The number of esters is 1. The van der Waals surface area contributed by atoms with E-state index in [-0.39, 0.29) is 47.6 Å². The minimum Gasteiger partial charge on any atom is -0.461 e. The highest BCUT2D eigenvalue weighted by atomic mass is 79.9. The van der Waals surface area contributed by atoms with Gasteiger partial charge in [0.1, 0.15) is 12.6 Å². The summed E-state index contributed by atoms with van der Waals surface area (Å²) in [6, 6.07) is 12.4. The van der Waals surface area contributed by atoms with Crippen molar-refractivity contribution in [1.29, 1.82) is 0 Å². The molecule has 8 atom stereocenters. The number of fused-ring (bicyclic) bond motifs is 2. The molecule has 3 unspecified atom stereocenters. The van der Waals surface area contributed by atoms with Gasteiger partial charge in [-0.05, 0) is 35.2 Å². The summed E-state index contributed by atoms with van der Waals surface area (Å²) < 4.78 is 4.65. The molecule has 0 aliphatic carbocycles. The molecule has 3 heterocycles. The third kappa shape index (κ3) is 4.83. The predicted octanol–water partition coefficient (Wildman–Crippen LogP) is 4.96. The number of anilines is 1. The van der Waals surface area contributed by atoms with E-state index in [1.807, 2.05) is 56.3 Å². The molecule has 2 bridgehead atoms. The van der Waals surface area contributed by atoms with Crippen LogP contribution < -0.4 is 4.90 Å². The third-order valence-corrected chi connectivity index (χ3v) is 12.3. The molecule has 2 aromatic rings. The Balaban J connectivity index is 1.63. The monoisotopic (exact) mass is 640 g/mol. The molecule has 3 fully saturated rings. The van der Waals surface area contributed by atoms with Crippen molar-refractivity contribution in [2.24, 2.45) is 17.8 Å². The lowest BCUT2D eigenvalue weighted by atomic mass is 9.71. The lowest BCUT2D eigenvalue weighted by molar-refractivity contribution is -0.153. The van der Waals surface area contributed by atoms with Crippen molar-refractivity contribution in [1.82, 2.24) is 4.90 Å². The summed E-state index contributed by atoms with van der Waals surface area (Å²) in [5, 5.41) is 12.5. The summed E-state index contributed by atoms with van der Waals surface area (Å²) in [6.45, 7) is 11.6. The van der Waals surface area contributed by atoms with Gasteiger partial charge in [-0.2, -0.15) is 0 Å². The molecule has 41 heavy (non-hydrogen) atoms. The van der Waals surface area contributed by atoms with Gasteiger partial charge in [0.05, 0.1) is 29.2 Å². The van der Waals surface area contributed by atoms with Crippen LogP contribution in [0.2, 0.25) is 0 Å². The molecule has 218 valence electrons. The Morgan fingerprint density at radius 2 is 1.98 bits per heavy atom. The molecular formula is C32H37BrN2O5S. The van der Waals surface area contributed by atoms with Crippen LogP contribution in [0.15, 0.2) is 67.8 Å². The molecule has 2 amide bonds. The summed E-state index contributed by atoms with van der Waals surface area (Å²) in [5.74, 6) is -2.41. The van der Waals surface area contributed by atoms with E-state index in [2.05, 4.69) is 29.1 Å². The highest BCUT2D eigenvalue weighted by Crippen LogP contribution is 2.68. The summed E-state index contributed by atoms with van der Waals surface area (Å²) in [7, 11) is 0. The Kier molecular flexibility index (Phi) is 8.69. The molecular weight excluding hydrogens is 604 g/mol. The quantitative estimate of drug-likeness (QED) is 0.212. The first-order valence-electron chi connectivity index (χ1n) is 14.2. The molecule has 0 saturated carbocycles. The van der Waals surface area contributed by atoms with E-state index in [1.54, 1.807) is 27.6 Å². The van der Waals surface area contributed by atoms with Crippen molar-refractivity contribution < 1.29 is 24.2 Å². The van der Waals surface area contributed by atoms with Crippen molar-refractivity contribution in [3.8, 4) is 0 Å². The Morgan fingerprint density at radius 3 is 2.63 bits per heavy atom.